The molecular formula is C29H29NO4. The first-order valence-corrected chi connectivity index (χ1v) is 11.9. The molecular weight excluding hydrogens is 426 g/mol. The molecule has 2 heterocycles. The molecule has 3 aromatic carbocycles. The second-order valence-corrected chi connectivity index (χ2v) is 8.99. The van der Waals surface area contributed by atoms with Crippen LogP contribution in [0, 0.1) is 0 Å². The summed E-state index contributed by atoms with van der Waals surface area (Å²) >= 11 is 0. The van der Waals surface area contributed by atoms with Crippen molar-refractivity contribution < 1.29 is 19.4 Å². The molecule has 2 atom stereocenters. The lowest BCUT2D eigenvalue weighted by Gasteiger charge is -2.14. The molecule has 1 aliphatic rings. The van der Waals surface area contributed by atoms with E-state index in [0.29, 0.717) is 25.7 Å². The van der Waals surface area contributed by atoms with Crippen molar-refractivity contribution in [1.82, 2.24) is 4.90 Å². The molecule has 5 heteroatoms. The number of nitrogens with zero attached hydrogens (tertiary/aromatic N) is 1. The van der Waals surface area contributed by atoms with E-state index in [0.717, 1.165) is 51.6 Å². The molecule has 0 saturated heterocycles. The summed E-state index contributed by atoms with van der Waals surface area (Å²) in [6.45, 7) is 0.758. The van der Waals surface area contributed by atoms with Gasteiger partial charge in [0.2, 0.25) is 5.91 Å². The highest BCUT2D eigenvalue weighted by atomic mass is 16.3. The summed E-state index contributed by atoms with van der Waals surface area (Å²) in [5.41, 5.74) is 4.22. The third-order valence-electron chi connectivity index (χ3n) is 6.57. The Hall–Kier alpha value is -3.41. The van der Waals surface area contributed by atoms with Crippen molar-refractivity contribution in [2.24, 2.45) is 0 Å². The SMILES string of the molecule is O=C(CCCC(O)c1ccc2oc3ccc(C(O)Cc4ccccc4)cc3c2c1)N1C=CCC1. The van der Waals surface area contributed by atoms with Crippen molar-refractivity contribution in [3.8, 4) is 0 Å². The van der Waals surface area contributed by atoms with Crippen molar-refractivity contribution >= 4 is 27.8 Å². The molecule has 5 nitrogen and oxygen atoms in total. The van der Waals surface area contributed by atoms with Crippen LogP contribution < -0.4 is 0 Å². The van der Waals surface area contributed by atoms with Gasteiger partial charge in [-0.3, -0.25) is 4.79 Å². The summed E-state index contributed by atoms with van der Waals surface area (Å²) in [7, 11) is 0. The summed E-state index contributed by atoms with van der Waals surface area (Å²) in [5.74, 6) is 0.110. The van der Waals surface area contributed by atoms with E-state index in [4.69, 9.17) is 4.42 Å². The van der Waals surface area contributed by atoms with Crippen molar-refractivity contribution in [3.05, 3.63) is 95.7 Å². The number of furan rings is 1. The third kappa shape index (κ3) is 4.76. The number of benzene rings is 3. The lowest BCUT2D eigenvalue weighted by molar-refractivity contribution is -0.128. The quantitative estimate of drug-likeness (QED) is 0.352. The predicted octanol–water partition coefficient (Wildman–Crippen LogP) is 5.81. The zero-order valence-electron chi connectivity index (χ0n) is 19.1. The lowest BCUT2D eigenvalue weighted by Crippen LogP contribution is -2.23. The van der Waals surface area contributed by atoms with Crippen molar-refractivity contribution in [2.45, 2.75) is 44.3 Å². The minimum Gasteiger partial charge on any atom is -0.456 e. The summed E-state index contributed by atoms with van der Waals surface area (Å²) in [6, 6.07) is 21.4. The van der Waals surface area contributed by atoms with Gasteiger partial charge in [0.05, 0.1) is 12.2 Å². The van der Waals surface area contributed by atoms with E-state index in [1.54, 1.807) is 4.90 Å². The summed E-state index contributed by atoms with van der Waals surface area (Å²) in [6.07, 6.45) is 5.62. The number of amides is 1. The van der Waals surface area contributed by atoms with Gasteiger partial charge in [0.1, 0.15) is 11.2 Å². The molecule has 2 unspecified atom stereocenters. The minimum atomic E-state index is -0.650. The van der Waals surface area contributed by atoms with Gasteiger partial charge in [-0.1, -0.05) is 48.5 Å². The number of rotatable bonds is 8. The average Bonchev–Trinajstić information content (AvgIpc) is 3.52. The standard InChI is InChI=1S/C29H29NO4/c31-25(9-6-10-29(33)30-15-4-5-16-30)21-11-13-27-23(18-21)24-19-22(12-14-28(24)34-27)26(32)17-20-7-2-1-3-8-20/h1-4,7-8,11-15,18-19,25-26,31-32H,5-6,9-10,16-17H2. The Morgan fingerprint density at radius 1 is 0.912 bits per heavy atom. The zero-order valence-corrected chi connectivity index (χ0v) is 19.1. The molecule has 4 aromatic rings. The van der Waals surface area contributed by atoms with Crippen LogP contribution in [-0.2, 0) is 11.2 Å². The molecule has 34 heavy (non-hydrogen) atoms. The highest BCUT2D eigenvalue weighted by Crippen LogP contribution is 2.34. The first kappa shape index (κ1) is 22.4. The number of aliphatic hydroxyl groups is 2. The van der Waals surface area contributed by atoms with E-state index in [1.165, 1.54) is 0 Å². The van der Waals surface area contributed by atoms with Crippen LogP contribution in [0.3, 0.4) is 0 Å². The maximum Gasteiger partial charge on any atom is 0.226 e. The monoisotopic (exact) mass is 455 g/mol. The van der Waals surface area contributed by atoms with Crippen molar-refractivity contribution in [1.29, 1.82) is 0 Å². The molecule has 0 aliphatic carbocycles. The van der Waals surface area contributed by atoms with Crippen LogP contribution in [-0.4, -0.2) is 27.6 Å². The van der Waals surface area contributed by atoms with Gasteiger partial charge in [-0.15, -0.1) is 0 Å². The molecule has 0 spiro atoms. The largest absolute Gasteiger partial charge is 0.456 e. The third-order valence-corrected chi connectivity index (χ3v) is 6.57. The molecule has 0 radical (unpaired) electrons. The van der Waals surface area contributed by atoms with Crippen LogP contribution in [0.4, 0.5) is 0 Å². The Morgan fingerprint density at radius 3 is 2.24 bits per heavy atom. The number of fused-ring (bicyclic) bond motifs is 3. The second kappa shape index (κ2) is 9.84. The number of hydrogen-bond acceptors (Lipinski definition) is 4. The Kier molecular flexibility index (Phi) is 6.48. The normalized spacial score (nSPS) is 15.3. The maximum atomic E-state index is 12.2. The van der Waals surface area contributed by atoms with Gasteiger partial charge in [-0.05, 0) is 60.2 Å². The number of hydrogen-bond donors (Lipinski definition) is 2. The molecule has 1 aliphatic heterocycles. The highest BCUT2D eigenvalue weighted by molar-refractivity contribution is 6.05. The molecule has 174 valence electrons. The minimum absolute atomic E-state index is 0.110. The van der Waals surface area contributed by atoms with E-state index in [-0.39, 0.29) is 5.91 Å². The van der Waals surface area contributed by atoms with Gasteiger partial charge in [0.15, 0.2) is 0 Å². The molecule has 0 fully saturated rings. The van der Waals surface area contributed by atoms with E-state index >= 15 is 0 Å². The molecule has 1 amide bonds. The van der Waals surface area contributed by atoms with Gasteiger partial charge >= 0.3 is 0 Å². The predicted molar refractivity (Wildman–Crippen MR) is 133 cm³/mol. The molecule has 0 bridgehead atoms. The van der Waals surface area contributed by atoms with Gasteiger partial charge in [0.25, 0.3) is 0 Å². The fraction of sp³-hybridized carbons (Fsp3) is 0.276. The van der Waals surface area contributed by atoms with Crippen LogP contribution in [0.2, 0.25) is 0 Å². The van der Waals surface area contributed by atoms with Gasteiger partial charge in [0, 0.05) is 36.4 Å². The Morgan fingerprint density at radius 2 is 1.59 bits per heavy atom. The van der Waals surface area contributed by atoms with E-state index in [1.807, 2.05) is 79.0 Å². The van der Waals surface area contributed by atoms with Crippen LogP contribution in [0.25, 0.3) is 21.9 Å². The molecule has 2 N–H and O–H groups in total. The number of carbonyl (C=O) groups is 1. The van der Waals surface area contributed by atoms with Crippen molar-refractivity contribution in [3.63, 3.8) is 0 Å². The first-order valence-electron chi connectivity index (χ1n) is 11.9. The number of carbonyl (C=O) groups excluding carboxylic acids is 1. The first-order chi connectivity index (χ1) is 16.6. The average molecular weight is 456 g/mol. The molecule has 1 aromatic heterocycles. The fourth-order valence-electron chi connectivity index (χ4n) is 4.64. The summed E-state index contributed by atoms with van der Waals surface area (Å²) < 4.78 is 5.99. The van der Waals surface area contributed by atoms with Crippen LogP contribution >= 0.6 is 0 Å². The second-order valence-electron chi connectivity index (χ2n) is 8.99. The topological polar surface area (TPSA) is 73.9 Å². The fourth-order valence-corrected chi connectivity index (χ4v) is 4.64. The summed E-state index contributed by atoms with van der Waals surface area (Å²) in [4.78, 5) is 14.0. The Labute approximate surface area is 198 Å². The van der Waals surface area contributed by atoms with Gasteiger partial charge in [-0.2, -0.15) is 0 Å². The van der Waals surface area contributed by atoms with E-state index < -0.39 is 12.2 Å². The molecule has 5 rings (SSSR count). The van der Waals surface area contributed by atoms with E-state index in [2.05, 4.69) is 0 Å². The van der Waals surface area contributed by atoms with Crippen LogP contribution in [0.15, 0.2) is 83.4 Å². The number of aliphatic hydroxyl groups excluding tert-OH is 2. The Bertz CT molecular complexity index is 1320. The maximum absolute atomic E-state index is 12.2. The highest BCUT2D eigenvalue weighted by Gasteiger charge is 2.17. The Balaban J connectivity index is 1.32. The van der Waals surface area contributed by atoms with Gasteiger partial charge < -0.3 is 19.5 Å². The van der Waals surface area contributed by atoms with E-state index in [9.17, 15) is 15.0 Å². The van der Waals surface area contributed by atoms with Crippen LogP contribution in [0.5, 0.6) is 0 Å². The van der Waals surface area contributed by atoms with Crippen molar-refractivity contribution in [2.75, 3.05) is 6.54 Å². The van der Waals surface area contributed by atoms with Crippen LogP contribution in [0.1, 0.15) is 54.6 Å². The summed E-state index contributed by atoms with van der Waals surface area (Å²) in [5, 5.41) is 23.4. The smallest absolute Gasteiger partial charge is 0.226 e. The molecule has 0 saturated carbocycles. The zero-order chi connectivity index (χ0) is 23.5. The lowest BCUT2D eigenvalue weighted by atomic mass is 9.98. The van der Waals surface area contributed by atoms with Gasteiger partial charge in [-0.25, -0.2) is 0 Å².